The fraction of sp³-hybridized carbons (Fsp3) is 0.286. The summed E-state index contributed by atoms with van der Waals surface area (Å²) in [6, 6.07) is 13.1. The van der Waals surface area contributed by atoms with E-state index >= 15 is 0 Å². The van der Waals surface area contributed by atoms with Gasteiger partial charge in [-0.25, -0.2) is 4.39 Å². The number of amides is 3. The van der Waals surface area contributed by atoms with Crippen LogP contribution in [-0.2, 0) is 14.4 Å². The smallest absolute Gasteiger partial charge is 0.247 e. The number of thioether (sulfide) groups is 1. The van der Waals surface area contributed by atoms with Crippen molar-refractivity contribution in [3.05, 3.63) is 54.3 Å². The van der Waals surface area contributed by atoms with Crippen LogP contribution in [0.25, 0.3) is 0 Å². The fourth-order valence-electron chi connectivity index (χ4n) is 3.58. The van der Waals surface area contributed by atoms with Gasteiger partial charge in [-0.05, 0) is 43.2 Å². The van der Waals surface area contributed by atoms with Gasteiger partial charge in [0.15, 0.2) is 5.25 Å². The number of benzene rings is 2. The van der Waals surface area contributed by atoms with E-state index in [1.54, 1.807) is 17.0 Å². The average Bonchev–Trinajstić information content (AvgIpc) is 2.73. The van der Waals surface area contributed by atoms with Crippen LogP contribution in [0.4, 0.5) is 15.8 Å². The third kappa shape index (κ3) is 4.27. The van der Waals surface area contributed by atoms with Crippen LogP contribution in [-0.4, -0.2) is 41.0 Å². The molecule has 2 unspecified atom stereocenters. The van der Waals surface area contributed by atoms with E-state index in [0.29, 0.717) is 30.8 Å². The molecule has 1 fully saturated rings. The first-order valence-corrected chi connectivity index (χ1v) is 10.3. The highest BCUT2D eigenvalue weighted by atomic mass is 32.2. The van der Waals surface area contributed by atoms with Crippen molar-refractivity contribution in [2.45, 2.75) is 23.0 Å². The van der Waals surface area contributed by atoms with Crippen LogP contribution in [0.15, 0.2) is 53.4 Å². The number of halogens is 1. The predicted octanol–water partition coefficient (Wildman–Crippen LogP) is 3.12. The van der Waals surface area contributed by atoms with Crippen LogP contribution in [0.5, 0.6) is 0 Å². The zero-order valence-electron chi connectivity index (χ0n) is 15.6. The van der Waals surface area contributed by atoms with Gasteiger partial charge < -0.3 is 15.5 Å². The van der Waals surface area contributed by atoms with E-state index in [4.69, 9.17) is 0 Å². The highest BCUT2D eigenvalue weighted by Crippen LogP contribution is 2.36. The van der Waals surface area contributed by atoms with Crippen molar-refractivity contribution in [1.29, 1.82) is 0 Å². The van der Waals surface area contributed by atoms with E-state index in [1.807, 2.05) is 18.2 Å². The Kier molecular flexibility index (Phi) is 5.53. The largest absolute Gasteiger partial charge is 0.340 e. The first-order valence-electron chi connectivity index (χ1n) is 9.43. The van der Waals surface area contributed by atoms with Crippen LogP contribution in [0.1, 0.15) is 12.8 Å². The van der Waals surface area contributed by atoms with Crippen LogP contribution in [0, 0.1) is 11.7 Å². The summed E-state index contributed by atoms with van der Waals surface area (Å²) < 4.78 is 13.3. The molecule has 2 aromatic rings. The van der Waals surface area contributed by atoms with Crippen molar-refractivity contribution >= 4 is 40.9 Å². The van der Waals surface area contributed by atoms with Crippen LogP contribution < -0.4 is 10.6 Å². The van der Waals surface area contributed by atoms with Crippen LogP contribution >= 0.6 is 11.8 Å². The number of rotatable bonds is 3. The highest BCUT2D eigenvalue weighted by molar-refractivity contribution is 8.01. The Morgan fingerprint density at radius 3 is 2.83 bits per heavy atom. The molecule has 1 saturated heterocycles. The minimum absolute atomic E-state index is 0.242. The Morgan fingerprint density at radius 2 is 2.00 bits per heavy atom. The minimum Gasteiger partial charge on any atom is -0.340 e. The predicted molar refractivity (Wildman–Crippen MR) is 109 cm³/mol. The molecule has 4 rings (SSSR count). The average molecular weight is 413 g/mol. The number of para-hydroxylation sites is 1. The molecule has 3 amide bonds. The zero-order chi connectivity index (χ0) is 20.4. The normalized spacial score (nSPS) is 21.1. The summed E-state index contributed by atoms with van der Waals surface area (Å²) in [5.41, 5.74) is 1.09. The highest BCUT2D eigenvalue weighted by Gasteiger charge is 2.38. The summed E-state index contributed by atoms with van der Waals surface area (Å²) in [5.74, 6) is -1.71. The molecule has 0 saturated carbocycles. The maximum Gasteiger partial charge on any atom is 0.247 e. The fourth-order valence-corrected chi connectivity index (χ4v) is 4.65. The van der Waals surface area contributed by atoms with Crippen molar-refractivity contribution < 1.29 is 18.8 Å². The monoisotopic (exact) mass is 413 g/mol. The van der Waals surface area contributed by atoms with Gasteiger partial charge in [0, 0.05) is 23.7 Å². The molecular formula is C21H20FN3O3S. The lowest BCUT2D eigenvalue weighted by atomic mass is 9.96. The third-order valence-electron chi connectivity index (χ3n) is 5.05. The molecule has 29 heavy (non-hydrogen) atoms. The van der Waals surface area contributed by atoms with Crippen LogP contribution in [0.3, 0.4) is 0 Å². The summed E-state index contributed by atoms with van der Waals surface area (Å²) >= 11 is 1.24. The summed E-state index contributed by atoms with van der Waals surface area (Å²) in [7, 11) is 0. The molecular weight excluding hydrogens is 393 g/mol. The van der Waals surface area contributed by atoms with E-state index in [9.17, 15) is 18.8 Å². The molecule has 0 bridgehead atoms. The molecule has 2 aliphatic heterocycles. The maximum absolute atomic E-state index is 13.3. The molecule has 8 heteroatoms. The number of anilines is 2. The summed E-state index contributed by atoms with van der Waals surface area (Å²) in [5, 5.41) is 4.63. The molecule has 2 aliphatic rings. The Labute approximate surface area is 171 Å². The second-order valence-electron chi connectivity index (χ2n) is 7.11. The number of nitrogens with zero attached hydrogens (tertiary/aromatic N) is 1. The lowest BCUT2D eigenvalue weighted by Gasteiger charge is -2.35. The lowest BCUT2D eigenvalue weighted by molar-refractivity contribution is -0.136. The van der Waals surface area contributed by atoms with Crippen molar-refractivity contribution in [2.75, 3.05) is 23.7 Å². The van der Waals surface area contributed by atoms with Crippen molar-refractivity contribution in [3.63, 3.8) is 0 Å². The SMILES string of the molecule is O=C(Nc1cccc(F)c1)C1CCCN(C(=O)C2Sc3ccccc3NC2=O)C1. The van der Waals surface area contributed by atoms with E-state index in [0.717, 1.165) is 4.90 Å². The molecule has 150 valence electrons. The molecule has 6 nitrogen and oxygen atoms in total. The van der Waals surface area contributed by atoms with Gasteiger partial charge in [-0.2, -0.15) is 0 Å². The number of piperidine rings is 1. The van der Waals surface area contributed by atoms with Crippen molar-refractivity contribution in [2.24, 2.45) is 5.92 Å². The summed E-state index contributed by atoms with van der Waals surface area (Å²) in [6.07, 6.45) is 1.31. The maximum atomic E-state index is 13.3. The first kappa shape index (κ1) is 19.4. The number of hydrogen-bond acceptors (Lipinski definition) is 4. The van der Waals surface area contributed by atoms with Crippen molar-refractivity contribution in [3.8, 4) is 0 Å². The number of hydrogen-bond donors (Lipinski definition) is 2. The molecule has 2 N–H and O–H groups in total. The van der Waals surface area contributed by atoms with Crippen LogP contribution in [0.2, 0.25) is 0 Å². The molecule has 0 aromatic heterocycles. The second-order valence-corrected chi connectivity index (χ2v) is 8.25. The standard InChI is InChI=1S/C21H20FN3O3S/c22-14-6-3-7-15(11-14)23-19(26)13-5-4-10-25(12-13)21(28)18-20(27)24-16-8-1-2-9-17(16)29-18/h1-3,6-9,11,13,18H,4-5,10,12H2,(H,23,26)(H,24,27). The topological polar surface area (TPSA) is 78.5 Å². The second kappa shape index (κ2) is 8.24. The number of likely N-dealkylation sites (tertiary alicyclic amines) is 1. The van der Waals surface area contributed by atoms with E-state index in [1.165, 1.54) is 30.0 Å². The molecule has 0 spiro atoms. The summed E-state index contributed by atoms with van der Waals surface area (Å²) in [4.78, 5) is 40.5. The summed E-state index contributed by atoms with van der Waals surface area (Å²) in [6.45, 7) is 0.751. The number of nitrogens with one attached hydrogen (secondary N) is 2. The third-order valence-corrected chi connectivity index (χ3v) is 6.31. The van der Waals surface area contributed by atoms with Gasteiger partial charge in [0.05, 0.1) is 11.6 Å². The zero-order valence-corrected chi connectivity index (χ0v) is 16.4. The van der Waals surface area contributed by atoms with Gasteiger partial charge in [0.25, 0.3) is 0 Å². The Balaban J connectivity index is 1.42. The number of fused-ring (bicyclic) bond motifs is 1. The quantitative estimate of drug-likeness (QED) is 0.758. The number of carbonyl (C=O) groups excluding carboxylic acids is 3. The molecule has 2 heterocycles. The van der Waals surface area contributed by atoms with E-state index < -0.39 is 17.0 Å². The van der Waals surface area contributed by atoms with Crippen molar-refractivity contribution in [1.82, 2.24) is 4.90 Å². The van der Waals surface area contributed by atoms with Gasteiger partial charge in [0.1, 0.15) is 5.82 Å². The lowest BCUT2D eigenvalue weighted by Crippen LogP contribution is -2.50. The van der Waals surface area contributed by atoms with Gasteiger partial charge >= 0.3 is 0 Å². The molecule has 2 atom stereocenters. The van der Waals surface area contributed by atoms with Gasteiger partial charge in [-0.1, -0.05) is 18.2 Å². The molecule has 0 aliphatic carbocycles. The molecule has 2 aromatic carbocycles. The van der Waals surface area contributed by atoms with Gasteiger partial charge in [0.2, 0.25) is 17.7 Å². The molecule has 0 radical (unpaired) electrons. The Bertz CT molecular complexity index is 968. The van der Waals surface area contributed by atoms with Gasteiger partial charge in [-0.15, -0.1) is 11.8 Å². The van der Waals surface area contributed by atoms with Gasteiger partial charge in [-0.3, -0.25) is 14.4 Å². The number of carbonyl (C=O) groups is 3. The van der Waals surface area contributed by atoms with E-state index in [-0.39, 0.29) is 24.3 Å². The minimum atomic E-state index is -0.866. The van der Waals surface area contributed by atoms with E-state index in [2.05, 4.69) is 10.6 Å². The first-order chi connectivity index (χ1) is 14.0. The Morgan fingerprint density at radius 1 is 1.17 bits per heavy atom. The Hall–Kier alpha value is -2.87.